The Bertz CT molecular complexity index is 1030. The van der Waals surface area contributed by atoms with E-state index < -0.39 is 5.60 Å². The summed E-state index contributed by atoms with van der Waals surface area (Å²) in [5.41, 5.74) is 2.43. The molecule has 0 aliphatic carbocycles. The van der Waals surface area contributed by atoms with Crippen LogP contribution in [0.1, 0.15) is 33.6 Å². The molecule has 1 radical (unpaired) electrons. The van der Waals surface area contributed by atoms with E-state index in [0.717, 1.165) is 48.1 Å². The number of anilines is 1. The third-order valence-electron chi connectivity index (χ3n) is 4.98. The number of aromatic nitrogens is 3. The number of carbonyl (C=O) groups excluding carboxylic acids is 1. The van der Waals surface area contributed by atoms with Crippen LogP contribution in [0.15, 0.2) is 42.7 Å². The molecule has 30 heavy (non-hydrogen) atoms. The number of nitrogens with one attached hydrogen (secondary N) is 1. The standard InChI is InChI=1S/C23H26N5O2/c1-23(2,3)30-22(29)27-17-6-4-13-28(15-17)20-9-12-24-19-8-7-16(14-18(19)20)21-25-10-5-11-26-21/h5,7-10,12,14,17H,4,6,13,15H2,1-3H3,(H,27,29)/t17-/m0/s1. The molecule has 0 bridgehead atoms. The number of fused-ring (bicyclic) bond motifs is 1. The summed E-state index contributed by atoms with van der Waals surface area (Å²) < 4.78 is 5.42. The zero-order valence-corrected chi connectivity index (χ0v) is 17.6. The molecule has 1 saturated heterocycles. The zero-order chi connectivity index (χ0) is 21.1. The topological polar surface area (TPSA) is 80.2 Å². The second-order valence-electron chi connectivity index (χ2n) is 8.50. The molecule has 7 heteroatoms. The Hall–Kier alpha value is -3.22. The molecule has 0 unspecified atom stereocenters. The molecule has 2 aromatic heterocycles. The Morgan fingerprint density at radius 2 is 2.10 bits per heavy atom. The molecule has 3 heterocycles. The largest absolute Gasteiger partial charge is 0.444 e. The number of hydrogen-bond donors (Lipinski definition) is 1. The minimum atomic E-state index is -0.507. The number of carbonyl (C=O) groups is 1. The number of nitrogens with zero attached hydrogens (tertiary/aromatic N) is 4. The predicted octanol–water partition coefficient (Wildman–Crippen LogP) is 3.99. The number of benzene rings is 1. The first-order valence-electron chi connectivity index (χ1n) is 10.2. The van der Waals surface area contributed by atoms with Gasteiger partial charge in [-0.15, -0.1) is 0 Å². The van der Waals surface area contributed by atoms with Crippen molar-refractivity contribution in [1.29, 1.82) is 0 Å². The summed E-state index contributed by atoms with van der Waals surface area (Å²) in [5, 5.41) is 4.06. The summed E-state index contributed by atoms with van der Waals surface area (Å²) >= 11 is 0. The van der Waals surface area contributed by atoms with E-state index in [9.17, 15) is 4.79 Å². The van der Waals surface area contributed by atoms with Gasteiger partial charge in [0.1, 0.15) is 5.60 Å². The van der Waals surface area contributed by atoms with E-state index in [-0.39, 0.29) is 12.1 Å². The summed E-state index contributed by atoms with van der Waals surface area (Å²) in [4.78, 5) is 27.6. The van der Waals surface area contributed by atoms with E-state index in [1.165, 1.54) is 0 Å². The van der Waals surface area contributed by atoms with Crippen molar-refractivity contribution in [3.63, 3.8) is 0 Å². The van der Waals surface area contributed by atoms with Crippen LogP contribution in [0, 0.1) is 6.20 Å². The van der Waals surface area contributed by atoms with Crippen LogP contribution in [0.5, 0.6) is 0 Å². The van der Waals surface area contributed by atoms with Crippen molar-refractivity contribution in [2.45, 2.75) is 45.3 Å². The maximum absolute atomic E-state index is 12.2. The van der Waals surface area contributed by atoms with Gasteiger partial charge >= 0.3 is 6.09 Å². The second-order valence-corrected chi connectivity index (χ2v) is 8.50. The maximum atomic E-state index is 12.2. The van der Waals surface area contributed by atoms with Gasteiger partial charge in [0, 0.05) is 48.2 Å². The minimum absolute atomic E-state index is 0.0343. The van der Waals surface area contributed by atoms with Crippen LogP contribution in [-0.4, -0.2) is 45.8 Å². The van der Waals surface area contributed by atoms with E-state index in [0.29, 0.717) is 5.82 Å². The first kappa shape index (κ1) is 20.1. The highest BCUT2D eigenvalue weighted by molar-refractivity contribution is 5.94. The molecule has 0 saturated carbocycles. The van der Waals surface area contributed by atoms with Crippen LogP contribution in [0.3, 0.4) is 0 Å². The summed E-state index contributed by atoms with van der Waals surface area (Å²) in [7, 11) is 0. The van der Waals surface area contributed by atoms with Gasteiger partial charge < -0.3 is 15.0 Å². The highest BCUT2D eigenvalue weighted by atomic mass is 16.6. The number of rotatable bonds is 3. The molecular weight excluding hydrogens is 378 g/mol. The Morgan fingerprint density at radius 3 is 2.87 bits per heavy atom. The predicted molar refractivity (Wildman–Crippen MR) is 116 cm³/mol. The van der Waals surface area contributed by atoms with Crippen LogP contribution < -0.4 is 10.2 Å². The quantitative estimate of drug-likeness (QED) is 0.711. The average molecular weight is 404 g/mol. The van der Waals surface area contributed by atoms with Gasteiger partial charge in [-0.25, -0.2) is 14.8 Å². The number of amides is 1. The van der Waals surface area contributed by atoms with Gasteiger partial charge in [-0.1, -0.05) is 0 Å². The molecular formula is C23H26N5O2. The van der Waals surface area contributed by atoms with Crippen molar-refractivity contribution in [3.8, 4) is 11.4 Å². The highest BCUT2D eigenvalue weighted by Crippen LogP contribution is 2.30. The lowest BCUT2D eigenvalue weighted by Gasteiger charge is -2.35. The molecule has 3 aromatic rings. The van der Waals surface area contributed by atoms with Gasteiger partial charge in [0.15, 0.2) is 5.82 Å². The number of pyridine rings is 1. The summed E-state index contributed by atoms with van der Waals surface area (Å²) in [6.07, 6.45) is 7.90. The third-order valence-corrected chi connectivity index (χ3v) is 4.98. The van der Waals surface area contributed by atoms with Gasteiger partial charge in [-0.3, -0.25) is 4.98 Å². The Labute approximate surface area is 176 Å². The van der Waals surface area contributed by atoms with E-state index in [1.807, 2.05) is 45.2 Å². The molecule has 1 amide bonds. The zero-order valence-electron chi connectivity index (χ0n) is 17.6. The molecule has 0 spiro atoms. The number of hydrogen-bond acceptors (Lipinski definition) is 6. The molecule has 1 N–H and O–H groups in total. The molecule has 155 valence electrons. The fraction of sp³-hybridized carbons (Fsp3) is 0.391. The van der Waals surface area contributed by atoms with Crippen molar-refractivity contribution < 1.29 is 9.53 Å². The van der Waals surface area contributed by atoms with Gasteiger partial charge in [0.25, 0.3) is 0 Å². The molecule has 1 aliphatic heterocycles. The second kappa shape index (κ2) is 8.26. The molecule has 7 nitrogen and oxygen atoms in total. The highest BCUT2D eigenvalue weighted by Gasteiger charge is 2.25. The van der Waals surface area contributed by atoms with Crippen molar-refractivity contribution in [3.05, 3.63) is 48.9 Å². The van der Waals surface area contributed by atoms with Crippen LogP contribution in [0.4, 0.5) is 10.5 Å². The smallest absolute Gasteiger partial charge is 0.407 e. The molecule has 1 atom stereocenters. The van der Waals surface area contributed by atoms with E-state index >= 15 is 0 Å². The first-order chi connectivity index (χ1) is 14.4. The van der Waals surface area contributed by atoms with Gasteiger partial charge in [0.05, 0.1) is 11.7 Å². The lowest BCUT2D eigenvalue weighted by atomic mass is 10.0. The van der Waals surface area contributed by atoms with Crippen molar-refractivity contribution >= 4 is 22.7 Å². The number of alkyl carbamates (subject to hydrolysis) is 1. The van der Waals surface area contributed by atoms with Gasteiger partial charge in [0.2, 0.25) is 0 Å². The van der Waals surface area contributed by atoms with E-state index in [2.05, 4.69) is 37.4 Å². The van der Waals surface area contributed by atoms with Crippen LogP contribution in [0.25, 0.3) is 22.3 Å². The van der Waals surface area contributed by atoms with Crippen LogP contribution in [-0.2, 0) is 4.74 Å². The number of ether oxygens (including phenoxy) is 1. The fourth-order valence-corrected chi connectivity index (χ4v) is 3.74. The summed E-state index contributed by atoms with van der Waals surface area (Å²) in [5.74, 6) is 0.636. The molecule has 4 rings (SSSR count). The molecule has 1 aliphatic rings. The maximum Gasteiger partial charge on any atom is 0.407 e. The van der Waals surface area contributed by atoms with Gasteiger partial charge in [-0.2, -0.15) is 0 Å². The monoisotopic (exact) mass is 404 g/mol. The van der Waals surface area contributed by atoms with Crippen molar-refractivity contribution in [1.82, 2.24) is 20.3 Å². The van der Waals surface area contributed by atoms with Crippen molar-refractivity contribution in [2.24, 2.45) is 0 Å². The summed E-state index contributed by atoms with van der Waals surface area (Å²) in [6, 6.07) is 9.79. The molecule has 1 aromatic carbocycles. The normalized spacial score (nSPS) is 17.0. The van der Waals surface area contributed by atoms with Crippen LogP contribution in [0.2, 0.25) is 0 Å². The van der Waals surface area contributed by atoms with E-state index in [4.69, 9.17) is 4.74 Å². The first-order valence-corrected chi connectivity index (χ1v) is 10.2. The Morgan fingerprint density at radius 1 is 1.23 bits per heavy atom. The van der Waals surface area contributed by atoms with Crippen molar-refractivity contribution in [2.75, 3.05) is 18.0 Å². The third kappa shape index (κ3) is 4.67. The minimum Gasteiger partial charge on any atom is -0.444 e. The lowest BCUT2D eigenvalue weighted by molar-refractivity contribution is 0.0500. The number of piperidine rings is 1. The van der Waals surface area contributed by atoms with E-state index in [1.54, 1.807) is 12.3 Å². The Kier molecular flexibility index (Phi) is 5.53. The SMILES string of the molecule is CC(C)(C)OC(=O)N[C@H]1CCCN(c2ccnc3ccc(-c4n[c]ccn4)cc23)C1. The lowest BCUT2D eigenvalue weighted by Crippen LogP contribution is -2.49. The average Bonchev–Trinajstić information content (AvgIpc) is 2.72. The van der Waals surface area contributed by atoms with Crippen LogP contribution >= 0.6 is 0 Å². The molecule has 1 fully saturated rings. The fourth-order valence-electron chi connectivity index (χ4n) is 3.74. The Balaban J connectivity index is 1.58. The summed E-state index contributed by atoms with van der Waals surface area (Å²) in [6.45, 7) is 7.25. The van der Waals surface area contributed by atoms with Gasteiger partial charge in [-0.05, 0) is 63.9 Å².